The van der Waals surface area contributed by atoms with E-state index in [-0.39, 0.29) is 11.9 Å². The maximum atomic E-state index is 14.1. The Morgan fingerprint density at radius 2 is 1.56 bits per heavy atom. The lowest BCUT2D eigenvalue weighted by Gasteiger charge is -2.13. The molecule has 0 radical (unpaired) electrons. The molecule has 0 bridgehead atoms. The molecule has 1 atom stereocenters. The molecule has 0 fully saturated rings. The number of nitrogens with one attached hydrogen (secondary N) is 1. The van der Waals surface area contributed by atoms with Gasteiger partial charge in [-0.05, 0) is 30.2 Å². The topological polar surface area (TPSA) is 17.0 Å². The first-order chi connectivity index (χ1) is 13.2. The Hall–Kier alpha value is -2.91. The molecule has 136 valence electrons. The molecule has 1 N–H and O–H groups in total. The van der Waals surface area contributed by atoms with Gasteiger partial charge in [-0.25, -0.2) is 4.39 Å². The van der Waals surface area contributed by atoms with Gasteiger partial charge in [-0.3, -0.25) is 0 Å². The summed E-state index contributed by atoms with van der Waals surface area (Å²) in [4.78, 5) is 0. The highest BCUT2D eigenvalue weighted by atomic mass is 19.1. The fraction of sp³-hybridized carbons (Fsp3) is 0.167. The molecule has 0 amide bonds. The van der Waals surface area contributed by atoms with Gasteiger partial charge < -0.3 is 9.88 Å². The molecule has 27 heavy (non-hydrogen) atoms. The van der Waals surface area contributed by atoms with E-state index in [0.717, 1.165) is 12.1 Å². The summed E-state index contributed by atoms with van der Waals surface area (Å²) < 4.78 is 16.2. The minimum absolute atomic E-state index is 0.160. The first-order valence-corrected chi connectivity index (χ1v) is 9.31. The Balaban J connectivity index is 1.59. The number of halogens is 1. The molecule has 0 unspecified atom stereocenters. The first kappa shape index (κ1) is 17.5. The number of hydrogen-bond acceptors (Lipinski definition) is 1. The van der Waals surface area contributed by atoms with Gasteiger partial charge in [0.15, 0.2) is 0 Å². The van der Waals surface area contributed by atoms with Gasteiger partial charge in [-0.15, -0.1) is 0 Å². The number of fused-ring (bicyclic) bond motifs is 1. The Kier molecular flexibility index (Phi) is 5.03. The number of nitrogens with zero attached hydrogens (tertiary/aromatic N) is 1. The van der Waals surface area contributed by atoms with Crippen molar-refractivity contribution in [2.24, 2.45) is 0 Å². The summed E-state index contributed by atoms with van der Waals surface area (Å²) in [6, 6.07) is 26.0. The number of aromatic nitrogens is 1. The van der Waals surface area contributed by atoms with Gasteiger partial charge in [0, 0.05) is 35.2 Å². The molecule has 0 spiro atoms. The summed E-state index contributed by atoms with van der Waals surface area (Å²) in [5, 5.41) is 4.82. The molecular weight excluding hydrogens is 335 g/mol. The van der Waals surface area contributed by atoms with Crippen LogP contribution in [0.25, 0.3) is 10.9 Å². The zero-order valence-electron chi connectivity index (χ0n) is 15.4. The molecule has 0 saturated heterocycles. The van der Waals surface area contributed by atoms with Crippen molar-refractivity contribution in [2.45, 2.75) is 26.1 Å². The molecule has 0 aliphatic carbocycles. The summed E-state index contributed by atoms with van der Waals surface area (Å²) in [6.45, 7) is 3.47. The van der Waals surface area contributed by atoms with E-state index in [9.17, 15) is 4.39 Å². The van der Waals surface area contributed by atoms with Crippen LogP contribution in [0.3, 0.4) is 0 Å². The van der Waals surface area contributed by atoms with Crippen molar-refractivity contribution in [3.8, 4) is 0 Å². The van der Waals surface area contributed by atoms with E-state index in [1.165, 1.54) is 22.6 Å². The Morgan fingerprint density at radius 3 is 2.37 bits per heavy atom. The molecule has 1 aromatic heterocycles. The van der Waals surface area contributed by atoms with Crippen LogP contribution < -0.4 is 5.32 Å². The minimum atomic E-state index is -0.160. The zero-order valence-corrected chi connectivity index (χ0v) is 15.4. The lowest BCUT2D eigenvalue weighted by Crippen LogP contribution is -2.17. The fourth-order valence-electron chi connectivity index (χ4n) is 3.53. The second-order valence-corrected chi connectivity index (χ2v) is 6.90. The van der Waals surface area contributed by atoms with Crippen LogP contribution in [-0.2, 0) is 13.1 Å². The van der Waals surface area contributed by atoms with Gasteiger partial charge in [0.05, 0.1) is 6.54 Å². The molecular formula is C24H23FN2. The second kappa shape index (κ2) is 7.77. The molecule has 4 aromatic rings. The monoisotopic (exact) mass is 358 g/mol. The van der Waals surface area contributed by atoms with Crippen LogP contribution in [0.4, 0.5) is 4.39 Å². The van der Waals surface area contributed by atoms with Gasteiger partial charge in [0.1, 0.15) is 5.82 Å². The lowest BCUT2D eigenvalue weighted by atomic mass is 10.1. The molecule has 4 rings (SSSR count). The Bertz CT molecular complexity index is 1040. The highest BCUT2D eigenvalue weighted by molar-refractivity contribution is 5.84. The molecule has 3 heteroatoms. The maximum absolute atomic E-state index is 14.1. The number of benzene rings is 3. The molecule has 1 heterocycles. The summed E-state index contributed by atoms with van der Waals surface area (Å²) in [6.07, 6.45) is 2.14. The van der Waals surface area contributed by atoms with Crippen molar-refractivity contribution in [1.82, 2.24) is 9.88 Å². The fourth-order valence-corrected chi connectivity index (χ4v) is 3.53. The molecule has 3 aromatic carbocycles. The average molecular weight is 358 g/mol. The van der Waals surface area contributed by atoms with Gasteiger partial charge in [0.2, 0.25) is 0 Å². The lowest BCUT2D eigenvalue weighted by molar-refractivity contribution is 0.574. The van der Waals surface area contributed by atoms with Gasteiger partial charge in [0.25, 0.3) is 0 Å². The number of hydrogen-bond donors (Lipinski definition) is 1. The van der Waals surface area contributed by atoms with Crippen molar-refractivity contribution in [2.75, 3.05) is 0 Å². The third-order valence-electron chi connectivity index (χ3n) is 5.07. The van der Waals surface area contributed by atoms with E-state index in [0.29, 0.717) is 12.1 Å². The van der Waals surface area contributed by atoms with Crippen LogP contribution in [-0.4, -0.2) is 4.57 Å². The number of rotatable bonds is 6. The van der Waals surface area contributed by atoms with E-state index in [2.05, 4.69) is 65.5 Å². The normalized spacial score (nSPS) is 12.4. The van der Waals surface area contributed by atoms with Crippen LogP contribution in [0.15, 0.2) is 85.1 Å². The second-order valence-electron chi connectivity index (χ2n) is 6.90. The largest absolute Gasteiger partial charge is 0.343 e. The van der Waals surface area contributed by atoms with Crippen LogP contribution in [0, 0.1) is 5.82 Å². The molecule has 2 nitrogen and oxygen atoms in total. The predicted molar refractivity (Wildman–Crippen MR) is 109 cm³/mol. The maximum Gasteiger partial charge on any atom is 0.128 e. The van der Waals surface area contributed by atoms with Crippen molar-refractivity contribution in [3.63, 3.8) is 0 Å². The van der Waals surface area contributed by atoms with E-state index in [1.54, 1.807) is 6.07 Å². The third-order valence-corrected chi connectivity index (χ3v) is 5.07. The highest BCUT2D eigenvalue weighted by Gasteiger charge is 2.11. The Morgan fingerprint density at radius 1 is 0.852 bits per heavy atom. The first-order valence-electron chi connectivity index (χ1n) is 9.31. The van der Waals surface area contributed by atoms with Gasteiger partial charge in [-0.1, -0.05) is 66.7 Å². The standard InChI is InChI=1S/C24H23FN2/c1-18(19-9-3-2-4-10-19)26-15-21-17-27(24-14-8-6-12-22(21)24)16-20-11-5-7-13-23(20)25/h2-14,17-18,26H,15-16H2,1H3/t18-/m0/s1. The average Bonchev–Trinajstić information content (AvgIpc) is 3.06. The molecule has 0 aliphatic rings. The van der Waals surface area contributed by atoms with Crippen molar-refractivity contribution in [1.29, 1.82) is 0 Å². The van der Waals surface area contributed by atoms with E-state index >= 15 is 0 Å². The van der Waals surface area contributed by atoms with Crippen LogP contribution >= 0.6 is 0 Å². The third kappa shape index (κ3) is 3.79. The van der Waals surface area contributed by atoms with Crippen molar-refractivity contribution in [3.05, 3.63) is 108 Å². The van der Waals surface area contributed by atoms with E-state index in [4.69, 9.17) is 0 Å². The van der Waals surface area contributed by atoms with E-state index in [1.807, 2.05) is 24.3 Å². The van der Waals surface area contributed by atoms with Crippen molar-refractivity contribution < 1.29 is 4.39 Å². The predicted octanol–water partition coefficient (Wildman–Crippen LogP) is 5.68. The number of para-hydroxylation sites is 1. The highest BCUT2D eigenvalue weighted by Crippen LogP contribution is 2.24. The van der Waals surface area contributed by atoms with Crippen molar-refractivity contribution >= 4 is 10.9 Å². The smallest absolute Gasteiger partial charge is 0.128 e. The summed E-state index contributed by atoms with van der Waals surface area (Å²) in [5.74, 6) is -0.160. The zero-order chi connectivity index (χ0) is 18.6. The quantitative estimate of drug-likeness (QED) is 0.469. The molecule has 0 aliphatic heterocycles. The van der Waals surface area contributed by atoms with Gasteiger partial charge in [-0.2, -0.15) is 0 Å². The molecule has 0 saturated carbocycles. The minimum Gasteiger partial charge on any atom is -0.343 e. The van der Waals surface area contributed by atoms with Gasteiger partial charge >= 0.3 is 0 Å². The van der Waals surface area contributed by atoms with Crippen LogP contribution in [0.2, 0.25) is 0 Å². The Labute approximate surface area is 159 Å². The van der Waals surface area contributed by atoms with E-state index < -0.39 is 0 Å². The summed E-state index contributed by atoms with van der Waals surface area (Å²) in [7, 11) is 0. The van der Waals surface area contributed by atoms with Crippen LogP contribution in [0.1, 0.15) is 29.7 Å². The summed E-state index contributed by atoms with van der Waals surface area (Å²) in [5.41, 5.74) is 4.33. The SMILES string of the molecule is C[C@H](NCc1cn(Cc2ccccc2F)c2ccccc12)c1ccccc1. The van der Waals surface area contributed by atoms with Crippen LogP contribution in [0.5, 0.6) is 0 Å². The summed E-state index contributed by atoms with van der Waals surface area (Å²) >= 11 is 0.